The summed E-state index contributed by atoms with van der Waals surface area (Å²) in [6.45, 7) is 2.57. The van der Waals surface area contributed by atoms with Crippen molar-refractivity contribution in [2.45, 2.75) is 76.1 Å². The van der Waals surface area contributed by atoms with E-state index in [4.69, 9.17) is 16.3 Å². The van der Waals surface area contributed by atoms with Crippen LogP contribution in [0.5, 0.6) is 5.75 Å². The van der Waals surface area contributed by atoms with E-state index in [2.05, 4.69) is 26.4 Å². The monoisotopic (exact) mass is 684 g/mol. The molecule has 4 amide bonds. The molecule has 2 bridgehead atoms. The second kappa shape index (κ2) is 11.4. The second-order valence-corrected chi connectivity index (χ2v) is 14.5. The molecule has 5 aliphatic rings. The van der Waals surface area contributed by atoms with Crippen LogP contribution >= 0.6 is 11.6 Å². The summed E-state index contributed by atoms with van der Waals surface area (Å²) in [6.07, 6.45) is -5.57. The molecule has 9 atom stereocenters. The van der Waals surface area contributed by atoms with Crippen molar-refractivity contribution >= 4 is 41.2 Å². The van der Waals surface area contributed by atoms with Crippen LogP contribution in [0.4, 0.5) is 28.2 Å². The lowest BCUT2D eigenvalue weighted by atomic mass is 9.77. The van der Waals surface area contributed by atoms with Gasteiger partial charge in [-0.15, -0.1) is 0 Å². The van der Waals surface area contributed by atoms with Crippen molar-refractivity contribution in [3.05, 3.63) is 17.3 Å². The Balaban J connectivity index is 1.31. The van der Waals surface area contributed by atoms with Crippen molar-refractivity contribution in [3.63, 3.8) is 0 Å². The summed E-state index contributed by atoms with van der Waals surface area (Å²) in [4.78, 5) is 61.1. The van der Waals surface area contributed by atoms with Gasteiger partial charge in [0.25, 0.3) is 5.91 Å². The zero-order valence-electron chi connectivity index (χ0n) is 25.6. The maximum atomic E-state index is 15.2. The zero-order valence-corrected chi connectivity index (χ0v) is 26.4. The number of amides is 4. The Kier molecular flexibility index (Phi) is 8.00. The normalized spacial score (nSPS) is 33.1. The Hall–Kier alpha value is -3.87. The highest BCUT2D eigenvalue weighted by Gasteiger charge is 2.65. The lowest BCUT2D eigenvalue weighted by molar-refractivity contribution is -0.161. The van der Waals surface area contributed by atoms with E-state index in [1.165, 1.54) is 22.1 Å². The molecule has 17 heteroatoms. The third-order valence-electron chi connectivity index (χ3n) is 10.1. The Morgan fingerprint density at radius 2 is 1.98 bits per heavy atom. The van der Waals surface area contributed by atoms with Gasteiger partial charge in [-0.3, -0.25) is 14.4 Å². The number of likely N-dealkylation sites (tertiary alicyclic amines) is 2. The lowest BCUT2D eigenvalue weighted by Crippen LogP contribution is -2.60. The number of halogens is 5. The average molecular weight is 685 g/mol. The molecular formula is C30H33ClF4N6O6. The number of alkyl halides is 4. The number of nitriles is 1. The molecule has 1 aromatic heterocycles. The van der Waals surface area contributed by atoms with Gasteiger partial charge in [0.15, 0.2) is 18.2 Å². The molecule has 2 saturated carbocycles. The number of carbonyl (C=O) groups excluding carboxylic acids is 4. The first-order valence-corrected chi connectivity index (χ1v) is 15.6. The van der Waals surface area contributed by atoms with Gasteiger partial charge in [-0.05, 0) is 41.9 Å². The number of ether oxygens (including phenoxy) is 2. The molecule has 12 nitrogen and oxygen atoms in total. The maximum Gasteiger partial charge on any atom is 0.422 e. The summed E-state index contributed by atoms with van der Waals surface area (Å²) in [5.41, 5.74) is -2.73. The molecule has 2 N–H and O–H groups in total. The zero-order chi connectivity index (χ0) is 34.2. The predicted molar refractivity (Wildman–Crippen MR) is 154 cm³/mol. The van der Waals surface area contributed by atoms with Crippen molar-refractivity contribution in [3.8, 4) is 11.8 Å². The highest BCUT2D eigenvalue weighted by atomic mass is 35.5. The van der Waals surface area contributed by atoms with Gasteiger partial charge in [0, 0.05) is 25.2 Å². The van der Waals surface area contributed by atoms with E-state index in [1.807, 2.05) is 0 Å². The molecular weight excluding hydrogens is 652 g/mol. The summed E-state index contributed by atoms with van der Waals surface area (Å²) < 4.78 is 63.7. The van der Waals surface area contributed by atoms with Crippen LogP contribution in [0.3, 0.4) is 0 Å². The van der Waals surface area contributed by atoms with Crippen molar-refractivity contribution in [2.75, 3.05) is 25.0 Å². The Labute approximate surface area is 272 Å². The van der Waals surface area contributed by atoms with E-state index in [9.17, 15) is 37.6 Å². The number of carbonyl (C=O) groups is 4. The minimum Gasteiger partial charge on any atom is -0.471 e. The highest BCUT2D eigenvalue weighted by molar-refractivity contribution is 6.30. The van der Waals surface area contributed by atoms with Gasteiger partial charge < -0.3 is 29.9 Å². The number of aromatic nitrogens is 1. The van der Waals surface area contributed by atoms with Crippen LogP contribution in [0, 0.1) is 40.4 Å². The molecule has 6 rings (SSSR count). The third-order valence-corrected chi connectivity index (χ3v) is 10.3. The number of pyridine rings is 1. The number of fused-ring (bicyclic) bond motifs is 6. The van der Waals surface area contributed by atoms with Gasteiger partial charge >= 0.3 is 12.3 Å². The van der Waals surface area contributed by atoms with E-state index < -0.39 is 83.7 Å². The quantitative estimate of drug-likeness (QED) is 0.458. The summed E-state index contributed by atoms with van der Waals surface area (Å²) in [7, 11) is 0. The Bertz CT molecular complexity index is 1550. The molecule has 254 valence electrons. The van der Waals surface area contributed by atoms with Crippen molar-refractivity contribution in [1.82, 2.24) is 20.1 Å². The number of hydrogen-bond acceptors (Lipinski definition) is 8. The SMILES string of the molecule is CC(C)(C)C(NC(=O)OCC(F)(F)F)C(=O)N1CC2C3CC(F)C(C3)C2C1C(=O)N1CC2(CC1C#N)Oc1cc(Cl)cnc1NC2=O. The molecule has 2 saturated heterocycles. The van der Waals surface area contributed by atoms with Crippen LogP contribution in [-0.4, -0.2) is 94.4 Å². The maximum absolute atomic E-state index is 15.2. The van der Waals surface area contributed by atoms with Crippen molar-refractivity contribution < 1.29 is 46.2 Å². The molecule has 0 aromatic carbocycles. The molecule has 0 radical (unpaired) electrons. The summed E-state index contributed by atoms with van der Waals surface area (Å²) in [6, 6.07) is -0.355. The molecule has 4 fully saturated rings. The molecule has 4 heterocycles. The van der Waals surface area contributed by atoms with Crippen LogP contribution in [0.15, 0.2) is 12.3 Å². The molecule has 1 aromatic rings. The first kappa shape index (κ1) is 33.0. The van der Waals surface area contributed by atoms with E-state index in [-0.39, 0.29) is 54.4 Å². The molecule has 3 aliphatic heterocycles. The smallest absolute Gasteiger partial charge is 0.422 e. The number of nitrogens with one attached hydrogen (secondary N) is 2. The highest BCUT2D eigenvalue weighted by Crippen LogP contribution is 2.59. The van der Waals surface area contributed by atoms with Gasteiger partial charge in [-0.25, -0.2) is 14.2 Å². The average Bonchev–Trinajstić information content (AvgIpc) is 3.73. The lowest BCUT2D eigenvalue weighted by Gasteiger charge is -2.38. The Morgan fingerprint density at radius 1 is 1.26 bits per heavy atom. The fourth-order valence-corrected chi connectivity index (χ4v) is 8.22. The number of anilines is 1. The van der Waals surface area contributed by atoms with E-state index in [0.717, 1.165) is 0 Å². The van der Waals surface area contributed by atoms with Gasteiger partial charge in [0.2, 0.25) is 17.4 Å². The minimum atomic E-state index is -4.79. The standard InChI is InChI=1S/C30H33ClF4N6O6/c1-28(2,3)22(38-27(45)46-12-30(33,34)35)25(43)40-10-17-13-4-16(18(32)5-13)20(17)21(40)24(42)41-11-29(7-15(41)8-36)26(44)39-23-19(47-29)6-14(31)9-37-23/h6,9,13,15-18,20-22H,4-5,7,10-12H2,1-3H3,(H,38,45)(H,37,39,44). The van der Waals surface area contributed by atoms with E-state index in [0.29, 0.717) is 6.42 Å². The van der Waals surface area contributed by atoms with Crippen LogP contribution in [0.25, 0.3) is 0 Å². The molecule has 2 aliphatic carbocycles. The largest absolute Gasteiger partial charge is 0.471 e. The first-order chi connectivity index (χ1) is 21.9. The summed E-state index contributed by atoms with van der Waals surface area (Å²) >= 11 is 6.07. The van der Waals surface area contributed by atoms with Gasteiger partial charge in [-0.1, -0.05) is 32.4 Å². The van der Waals surface area contributed by atoms with Crippen molar-refractivity contribution in [2.24, 2.45) is 29.1 Å². The minimum absolute atomic E-state index is 0.0460. The van der Waals surface area contributed by atoms with Crippen LogP contribution in [0.1, 0.15) is 40.0 Å². The molecule has 1 spiro atoms. The van der Waals surface area contributed by atoms with Crippen LogP contribution in [-0.2, 0) is 19.1 Å². The number of nitrogens with zero attached hydrogens (tertiary/aromatic N) is 4. The number of rotatable bonds is 4. The molecule has 9 unspecified atom stereocenters. The van der Waals surface area contributed by atoms with Gasteiger partial charge in [0.05, 0.1) is 17.6 Å². The van der Waals surface area contributed by atoms with Crippen LogP contribution < -0.4 is 15.4 Å². The van der Waals surface area contributed by atoms with Crippen molar-refractivity contribution in [1.29, 1.82) is 5.26 Å². The van der Waals surface area contributed by atoms with Crippen LogP contribution in [0.2, 0.25) is 5.02 Å². The summed E-state index contributed by atoms with van der Waals surface area (Å²) in [5, 5.41) is 15.2. The van der Waals surface area contributed by atoms with Gasteiger partial charge in [-0.2, -0.15) is 18.4 Å². The molecule has 47 heavy (non-hydrogen) atoms. The number of alkyl carbamates (subject to hydrolysis) is 1. The van der Waals surface area contributed by atoms with E-state index >= 15 is 4.39 Å². The Morgan fingerprint density at radius 3 is 2.64 bits per heavy atom. The van der Waals surface area contributed by atoms with E-state index in [1.54, 1.807) is 20.8 Å². The fourth-order valence-electron chi connectivity index (χ4n) is 8.07. The second-order valence-electron chi connectivity index (χ2n) is 14.1. The summed E-state index contributed by atoms with van der Waals surface area (Å²) in [5.74, 6) is -3.33. The van der Waals surface area contributed by atoms with Gasteiger partial charge in [0.1, 0.15) is 24.3 Å². The predicted octanol–water partition coefficient (Wildman–Crippen LogP) is 3.45. The number of hydrogen-bond donors (Lipinski definition) is 2. The first-order valence-electron chi connectivity index (χ1n) is 15.2. The fraction of sp³-hybridized carbons (Fsp3) is 0.667. The topological polar surface area (TPSA) is 154 Å². The third kappa shape index (κ3) is 5.80.